The molecule has 4 fully saturated rings. The molecule has 13 heavy (non-hydrogen) atoms. The van der Waals surface area contributed by atoms with Crippen molar-refractivity contribution in [2.75, 3.05) is 0 Å². The minimum Gasteiger partial charge on any atom is -0.313 e. The van der Waals surface area contributed by atoms with E-state index in [4.69, 9.17) is 18.9 Å². The van der Waals surface area contributed by atoms with Crippen LogP contribution in [0.15, 0.2) is 0 Å². The monoisotopic (exact) mass is 186 g/mol. The van der Waals surface area contributed by atoms with E-state index in [-0.39, 0.29) is 0 Å². The van der Waals surface area contributed by atoms with Crippen molar-refractivity contribution < 1.29 is 18.9 Å². The Kier molecular flexibility index (Phi) is 1.05. The van der Waals surface area contributed by atoms with Crippen LogP contribution in [0.2, 0.25) is 0 Å². The molecule has 0 saturated carbocycles. The van der Waals surface area contributed by atoms with Crippen molar-refractivity contribution in [1.29, 1.82) is 0 Å². The molecule has 0 radical (unpaired) electrons. The zero-order chi connectivity index (χ0) is 9.54. The van der Waals surface area contributed by atoms with Crippen molar-refractivity contribution in [3.05, 3.63) is 0 Å². The zero-order valence-corrected chi connectivity index (χ0v) is 8.34. The molecule has 0 aromatic heterocycles. The molecule has 0 aromatic carbocycles. The Bertz CT molecular complexity index is 245. The summed E-state index contributed by atoms with van der Waals surface area (Å²) < 4.78 is 22.9. The summed E-state index contributed by atoms with van der Waals surface area (Å²) in [6.07, 6.45) is 0.616. The fourth-order valence-corrected chi connectivity index (χ4v) is 2.83. The summed E-state index contributed by atoms with van der Waals surface area (Å²) in [5.74, 6) is -2.60. The van der Waals surface area contributed by atoms with Gasteiger partial charge in [-0.3, -0.25) is 0 Å². The maximum atomic E-state index is 5.72. The second kappa shape index (κ2) is 1.67. The smallest absolute Gasteiger partial charge is 0.225 e. The molecule has 0 unspecified atom stereocenters. The zero-order valence-electron chi connectivity index (χ0n) is 8.34. The lowest BCUT2D eigenvalue weighted by atomic mass is 10.1. The van der Waals surface area contributed by atoms with E-state index >= 15 is 0 Å². The summed E-state index contributed by atoms with van der Waals surface area (Å²) in [5.41, 5.74) is 0. The third-order valence-electron chi connectivity index (χ3n) is 3.11. The molecule has 4 aliphatic heterocycles. The van der Waals surface area contributed by atoms with Gasteiger partial charge < -0.3 is 18.9 Å². The summed E-state index contributed by atoms with van der Waals surface area (Å²) in [5, 5.41) is 0. The van der Waals surface area contributed by atoms with Gasteiger partial charge in [0.25, 0.3) is 0 Å². The molecule has 4 nitrogen and oxygen atoms in total. The van der Waals surface area contributed by atoms with Gasteiger partial charge in [0, 0.05) is 0 Å². The van der Waals surface area contributed by atoms with Crippen LogP contribution in [0.1, 0.15) is 34.1 Å². The van der Waals surface area contributed by atoms with Crippen LogP contribution in [0.5, 0.6) is 0 Å². The quantitative estimate of drug-likeness (QED) is 0.572. The molecule has 4 saturated heterocycles. The lowest BCUT2D eigenvalue weighted by Gasteiger charge is -2.41. The van der Waals surface area contributed by atoms with Crippen molar-refractivity contribution in [2.45, 2.75) is 57.3 Å². The maximum Gasteiger partial charge on any atom is 0.225 e. The second-order valence-electron chi connectivity index (χ2n) is 4.74. The van der Waals surface area contributed by atoms with Crippen molar-refractivity contribution in [2.24, 2.45) is 0 Å². The van der Waals surface area contributed by atoms with Gasteiger partial charge in [-0.2, -0.15) is 0 Å². The summed E-state index contributed by atoms with van der Waals surface area (Å²) >= 11 is 0. The highest BCUT2D eigenvalue weighted by atomic mass is 17.0. The Morgan fingerprint density at radius 1 is 0.692 bits per heavy atom. The van der Waals surface area contributed by atoms with Crippen LogP contribution in [0.3, 0.4) is 0 Å². The van der Waals surface area contributed by atoms with Crippen LogP contribution < -0.4 is 0 Å². The van der Waals surface area contributed by atoms with Gasteiger partial charge in [-0.05, 0) is 27.7 Å². The van der Waals surface area contributed by atoms with Crippen LogP contribution in [-0.4, -0.2) is 23.1 Å². The third kappa shape index (κ3) is 0.760. The Morgan fingerprint density at radius 3 is 1.23 bits per heavy atom. The Hall–Kier alpha value is -0.160. The van der Waals surface area contributed by atoms with E-state index in [1.807, 2.05) is 27.7 Å². The SMILES string of the molecule is CC12CC3(C)OC(C)(O1)C(C)(O2)O3. The molecule has 4 bridgehead atoms. The predicted octanol–water partition coefficient (Wildman–Crippen LogP) is 1.35. The van der Waals surface area contributed by atoms with Crippen LogP contribution >= 0.6 is 0 Å². The highest BCUT2D eigenvalue weighted by Crippen LogP contribution is 2.62. The molecule has 0 atom stereocenters. The summed E-state index contributed by atoms with van der Waals surface area (Å²) in [7, 11) is 0. The van der Waals surface area contributed by atoms with Gasteiger partial charge in [-0.1, -0.05) is 0 Å². The number of hydrogen-bond donors (Lipinski definition) is 0. The Balaban J connectivity index is 2.14. The van der Waals surface area contributed by atoms with Gasteiger partial charge in [0.05, 0.1) is 6.42 Å². The minimum atomic E-state index is -0.755. The van der Waals surface area contributed by atoms with E-state index in [2.05, 4.69) is 0 Å². The van der Waals surface area contributed by atoms with Gasteiger partial charge in [0.15, 0.2) is 11.6 Å². The van der Waals surface area contributed by atoms with Crippen LogP contribution in [0.25, 0.3) is 0 Å². The summed E-state index contributed by atoms with van der Waals surface area (Å²) in [6.45, 7) is 7.59. The van der Waals surface area contributed by atoms with Crippen LogP contribution in [-0.2, 0) is 18.9 Å². The fourth-order valence-electron chi connectivity index (χ4n) is 2.83. The Morgan fingerprint density at radius 2 is 1.00 bits per heavy atom. The van der Waals surface area contributed by atoms with E-state index in [9.17, 15) is 0 Å². The number of rotatable bonds is 0. The molecular formula is C9H14O4. The topological polar surface area (TPSA) is 36.9 Å². The van der Waals surface area contributed by atoms with Gasteiger partial charge in [-0.15, -0.1) is 0 Å². The lowest BCUT2D eigenvalue weighted by Crippen LogP contribution is -2.49. The number of hydrogen-bond acceptors (Lipinski definition) is 4. The number of ether oxygens (including phenoxy) is 4. The van der Waals surface area contributed by atoms with Crippen molar-refractivity contribution in [1.82, 2.24) is 0 Å². The second-order valence-corrected chi connectivity index (χ2v) is 4.74. The first-order valence-corrected chi connectivity index (χ1v) is 4.59. The molecule has 4 heterocycles. The normalized spacial score (nSPS) is 69.2. The molecule has 4 rings (SSSR count). The molecule has 4 heteroatoms. The van der Waals surface area contributed by atoms with E-state index in [1.54, 1.807) is 0 Å². The molecule has 74 valence electrons. The van der Waals surface area contributed by atoms with Crippen LogP contribution in [0.4, 0.5) is 0 Å². The molecule has 4 aliphatic rings. The van der Waals surface area contributed by atoms with Gasteiger partial charge in [0.1, 0.15) is 0 Å². The first-order valence-electron chi connectivity index (χ1n) is 4.59. The highest BCUT2D eigenvalue weighted by Gasteiger charge is 2.76. The molecule has 0 N–H and O–H groups in total. The maximum absolute atomic E-state index is 5.72. The van der Waals surface area contributed by atoms with Crippen molar-refractivity contribution >= 4 is 0 Å². The van der Waals surface area contributed by atoms with Gasteiger partial charge in [0.2, 0.25) is 11.6 Å². The van der Waals surface area contributed by atoms with Gasteiger partial charge >= 0.3 is 0 Å². The van der Waals surface area contributed by atoms with Gasteiger partial charge in [-0.25, -0.2) is 0 Å². The Labute approximate surface area is 77.1 Å². The average Bonchev–Trinajstić information content (AvgIpc) is 1.96. The first kappa shape index (κ1) is 8.17. The van der Waals surface area contributed by atoms with Crippen molar-refractivity contribution in [3.63, 3.8) is 0 Å². The highest BCUT2D eigenvalue weighted by molar-refractivity contribution is 5.05. The van der Waals surface area contributed by atoms with Crippen molar-refractivity contribution in [3.8, 4) is 0 Å². The molecular weight excluding hydrogens is 172 g/mol. The third-order valence-corrected chi connectivity index (χ3v) is 3.11. The molecule has 0 aromatic rings. The minimum absolute atomic E-state index is 0.547. The average molecular weight is 186 g/mol. The largest absolute Gasteiger partial charge is 0.313 e. The standard InChI is InChI=1S/C9H14O4/c1-6-5-7(2)12-8(3,10-6)9(4,11-6)13-7/h5H2,1-4H3. The summed E-state index contributed by atoms with van der Waals surface area (Å²) in [6, 6.07) is 0. The van der Waals surface area contributed by atoms with E-state index in [0.717, 1.165) is 0 Å². The molecule has 0 amide bonds. The molecule has 0 spiro atoms. The van der Waals surface area contributed by atoms with Crippen LogP contribution in [0, 0.1) is 0 Å². The van der Waals surface area contributed by atoms with E-state index < -0.39 is 23.1 Å². The lowest BCUT2D eigenvalue weighted by molar-refractivity contribution is -0.396. The predicted molar refractivity (Wildman–Crippen MR) is 42.6 cm³/mol. The first-order chi connectivity index (χ1) is 5.79. The molecule has 0 aliphatic carbocycles. The van der Waals surface area contributed by atoms with E-state index in [1.165, 1.54) is 0 Å². The fraction of sp³-hybridized carbons (Fsp3) is 1.00. The van der Waals surface area contributed by atoms with E-state index in [0.29, 0.717) is 6.42 Å². The summed E-state index contributed by atoms with van der Waals surface area (Å²) in [4.78, 5) is 0.